The van der Waals surface area contributed by atoms with Gasteiger partial charge in [-0.05, 0) is 74.2 Å². The third-order valence-electron chi connectivity index (χ3n) is 6.55. The Morgan fingerprint density at radius 2 is 1.74 bits per heavy atom. The number of nitrogens with one attached hydrogen (secondary N) is 2. The molecule has 1 aromatic heterocycles. The molecule has 5 rings (SSSR count). The van der Waals surface area contributed by atoms with Gasteiger partial charge in [-0.15, -0.1) is 0 Å². The number of piperidine rings is 1. The van der Waals surface area contributed by atoms with Gasteiger partial charge in [-0.25, -0.2) is 18.4 Å². The fraction of sp³-hybridized carbons (Fsp3) is 0.269. The van der Waals surface area contributed by atoms with E-state index in [0.717, 1.165) is 54.0 Å². The molecule has 1 aliphatic heterocycles. The van der Waals surface area contributed by atoms with Crippen LogP contribution in [-0.2, 0) is 16.3 Å². The minimum absolute atomic E-state index is 0.326. The number of nitrogens with zero attached hydrogens (tertiary/aromatic N) is 3. The predicted octanol–water partition coefficient (Wildman–Crippen LogP) is 4.04. The molecule has 1 saturated heterocycles. The topological polar surface area (TPSA) is 117 Å². The maximum atomic E-state index is 12.9. The number of hydrogen-bond acceptors (Lipinski definition) is 8. The van der Waals surface area contributed by atoms with Crippen LogP contribution in [0.1, 0.15) is 41.5 Å². The van der Waals surface area contributed by atoms with Crippen molar-refractivity contribution in [2.24, 2.45) is 5.16 Å². The van der Waals surface area contributed by atoms with Crippen molar-refractivity contribution in [1.82, 2.24) is 15.3 Å². The fourth-order valence-electron chi connectivity index (χ4n) is 4.62. The Hall–Kier alpha value is -3.56. The lowest BCUT2D eigenvalue weighted by atomic mass is 10.0. The number of hydrogen-bond donors (Lipinski definition) is 3. The quantitative estimate of drug-likeness (QED) is 0.353. The molecule has 1 fully saturated rings. The molecule has 35 heavy (non-hydrogen) atoms. The molecule has 180 valence electrons. The molecule has 9 heteroatoms. The molecule has 1 aliphatic carbocycles. The van der Waals surface area contributed by atoms with Crippen molar-refractivity contribution in [3.05, 3.63) is 77.1 Å². The summed E-state index contributed by atoms with van der Waals surface area (Å²) in [5.41, 5.74) is 5.57. The highest BCUT2D eigenvalue weighted by atomic mass is 32.2. The van der Waals surface area contributed by atoms with Crippen molar-refractivity contribution in [2.45, 2.75) is 35.8 Å². The summed E-state index contributed by atoms with van der Waals surface area (Å²) in [6.45, 7) is 1.47. The average molecular weight is 490 g/mol. The third-order valence-corrected chi connectivity index (χ3v) is 8.83. The van der Waals surface area contributed by atoms with Gasteiger partial charge in [0.1, 0.15) is 0 Å². The van der Waals surface area contributed by atoms with Gasteiger partial charge in [-0.2, -0.15) is 0 Å². The smallest absolute Gasteiger partial charge is 0.227 e. The Bertz CT molecular complexity index is 1360. The summed E-state index contributed by atoms with van der Waals surface area (Å²) >= 11 is 0. The average Bonchev–Trinajstić information content (AvgIpc) is 3.33. The molecule has 0 unspecified atom stereocenters. The second-order valence-electron chi connectivity index (χ2n) is 8.74. The van der Waals surface area contributed by atoms with E-state index in [-0.39, 0.29) is 5.25 Å². The molecule has 0 saturated carbocycles. The zero-order valence-electron chi connectivity index (χ0n) is 19.2. The summed E-state index contributed by atoms with van der Waals surface area (Å²) in [6.07, 6.45) is 10.3. The molecule has 2 aromatic carbocycles. The number of aromatic nitrogens is 2. The van der Waals surface area contributed by atoms with E-state index in [4.69, 9.17) is 5.21 Å². The Labute approximate surface area is 204 Å². The predicted molar refractivity (Wildman–Crippen MR) is 137 cm³/mol. The Morgan fingerprint density at radius 1 is 1.00 bits per heavy atom. The van der Waals surface area contributed by atoms with Gasteiger partial charge in [0.05, 0.1) is 15.9 Å². The lowest BCUT2D eigenvalue weighted by Crippen LogP contribution is -2.35. The van der Waals surface area contributed by atoms with Crippen molar-refractivity contribution < 1.29 is 13.6 Å². The lowest BCUT2D eigenvalue weighted by Gasteiger charge is -2.22. The summed E-state index contributed by atoms with van der Waals surface area (Å²) in [4.78, 5) is 9.10. The highest BCUT2D eigenvalue weighted by Gasteiger charge is 2.28. The van der Waals surface area contributed by atoms with Crippen molar-refractivity contribution in [3.8, 4) is 0 Å². The SMILES string of the molecule is O=S(=O)(c1ccc(Nc2ncc(/C=C/c3cccc4c3CC/C4=N/O)cn2)cc1)C1CCNCC1. The monoisotopic (exact) mass is 489 g/mol. The first kappa shape index (κ1) is 23.2. The van der Waals surface area contributed by atoms with Crippen LogP contribution >= 0.6 is 0 Å². The van der Waals surface area contributed by atoms with E-state index in [2.05, 4.69) is 25.8 Å². The molecule has 3 aromatic rings. The van der Waals surface area contributed by atoms with Crippen LogP contribution in [0.5, 0.6) is 0 Å². The van der Waals surface area contributed by atoms with Gasteiger partial charge >= 0.3 is 0 Å². The number of benzene rings is 2. The van der Waals surface area contributed by atoms with E-state index < -0.39 is 9.84 Å². The van der Waals surface area contributed by atoms with Crippen LogP contribution in [-0.4, -0.2) is 47.6 Å². The maximum Gasteiger partial charge on any atom is 0.227 e. The van der Waals surface area contributed by atoms with Crippen LogP contribution in [0.25, 0.3) is 12.2 Å². The van der Waals surface area contributed by atoms with Crippen LogP contribution in [0.2, 0.25) is 0 Å². The van der Waals surface area contributed by atoms with E-state index in [9.17, 15) is 8.42 Å². The van der Waals surface area contributed by atoms with Crippen molar-refractivity contribution in [3.63, 3.8) is 0 Å². The second-order valence-corrected chi connectivity index (χ2v) is 11.0. The van der Waals surface area contributed by atoms with Gasteiger partial charge < -0.3 is 15.8 Å². The zero-order valence-corrected chi connectivity index (χ0v) is 20.0. The number of sulfone groups is 1. The molecular formula is C26H27N5O3S. The first-order valence-electron chi connectivity index (χ1n) is 11.7. The van der Waals surface area contributed by atoms with E-state index in [0.29, 0.717) is 23.7 Å². The number of anilines is 2. The summed E-state index contributed by atoms with van der Waals surface area (Å²) in [5, 5.41) is 18.6. The highest BCUT2D eigenvalue weighted by Crippen LogP contribution is 2.27. The van der Waals surface area contributed by atoms with Crippen LogP contribution in [0.15, 0.2) is 64.9 Å². The van der Waals surface area contributed by atoms with Crippen LogP contribution in [0.4, 0.5) is 11.6 Å². The number of rotatable bonds is 6. The summed E-state index contributed by atoms with van der Waals surface area (Å²) < 4.78 is 25.7. The lowest BCUT2D eigenvalue weighted by molar-refractivity contribution is 0.318. The van der Waals surface area contributed by atoms with Gasteiger partial charge in [-0.1, -0.05) is 35.5 Å². The Morgan fingerprint density at radius 3 is 2.46 bits per heavy atom. The standard InChI is InChI=1S/C26H27N5O3S/c32-31-25-11-10-23-19(2-1-3-24(23)25)5-4-18-16-28-26(29-17-18)30-20-6-8-21(9-7-20)35(33,34)22-12-14-27-15-13-22/h1-9,16-17,22,27,32H,10-15H2,(H,28,29,30)/b5-4+,31-25-. The fourth-order valence-corrected chi connectivity index (χ4v) is 6.38. The van der Waals surface area contributed by atoms with Crippen molar-refractivity contribution in [2.75, 3.05) is 18.4 Å². The third kappa shape index (κ3) is 4.96. The molecule has 0 bridgehead atoms. The maximum absolute atomic E-state index is 12.9. The number of fused-ring (bicyclic) bond motifs is 1. The second kappa shape index (κ2) is 9.97. The molecule has 3 N–H and O–H groups in total. The molecular weight excluding hydrogens is 462 g/mol. The van der Waals surface area contributed by atoms with Gasteiger partial charge in [0.2, 0.25) is 5.95 Å². The van der Waals surface area contributed by atoms with Gasteiger partial charge in [0, 0.05) is 29.2 Å². The molecule has 2 heterocycles. The summed E-state index contributed by atoms with van der Waals surface area (Å²) in [6, 6.07) is 12.7. The van der Waals surface area contributed by atoms with Gasteiger partial charge in [-0.3, -0.25) is 0 Å². The van der Waals surface area contributed by atoms with E-state index in [1.54, 1.807) is 36.7 Å². The van der Waals surface area contributed by atoms with Gasteiger partial charge in [0.15, 0.2) is 9.84 Å². The highest BCUT2D eigenvalue weighted by molar-refractivity contribution is 7.92. The largest absolute Gasteiger partial charge is 0.411 e. The minimum atomic E-state index is -3.32. The first-order chi connectivity index (χ1) is 17.0. The molecule has 0 radical (unpaired) electrons. The first-order valence-corrected chi connectivity index (χ1v) is 13.2. The summed E-state index contributed by atoms with van der Waals surface area (Å²) in [7, 11) is -3.32. The van der Waals surface area contributed by atoms with Crippen LogP contribution < -0.4 is 10.6 Å². The summed E-state index contributed by atoms with van der Waals surface area (Å²) in [5.74, 6) is 0.431. The Kier molecular flexibility index (Phi) is 6.61. The number of oxime groups is 1. The normalized spacial score (nSPS) is 17.7. The van der Waals surface area contributed by atoms with Crippen molar-refractivity contribution in [1.29, 1.82) is 0 Å². The minimum Gasteiger partial charge on any atom is -0.411 e. The molecule has 0 spiro atoms. The molecule has 8 nitrogen and oxygen atoms in total. The Balaban J connectivity index is 1.24. The molecule has 0 amide bonds. The molecule has 0 atom stereocenters. The van der Waals surface area contributed by atoms with Crippen LogP contribution in [0, 0.1) is 0 Å². The van der Waals surface area contributed by atoms with E-state index in [1.807, 2.05) is 30.4 Å². The molecule has 2 aliphatic rings. The van der Waals surface area contributed by atoms with E-state index >= 15 is 0 Å². The van der Waals surface area contributed by atoms with Crippen LogP contribution in [0.3, 0.4) is 0 Å². The van der Waals surface area contributed by atoms with Crippen molar-refractivity contribution >= 4 is 39.3 Å². The zero-order chi connectivity index (χ0) is 24.3. The van der Waals surface area contributed by atoms with Gasteiger partial charge in [0.25, 0.3) is 0 Å². The van der Waals surface area contributed by atoms with E-state index in [1.165, 1.54) is 5.56 Å².